The molecule has 1 aromatic carbocycles. The lowest BCUT2D eigenvalue weighted by molar-refractivity contribution is 0.404. The number of rotatable bonds is 3. The van der Waals surface area contributed by atoms with E-state index >= 15 is 0 Å². The normalized spacial score (nSPS) is 19.9. The molecule has 0 aromatic heterocycles. The molecule has 1 saturated heterocycles. The second kappa shape index (κ2) is 5.70. The van der Waals surface area contributed by atoms with E-state index in [2.05, 4.69) is 36.9 Å². The first-order valence-corrected chi connectivity index (χ1v) is 7.18. The molecule has 2 rings (SSSR count). The maximum Gasteiger partial charge on any atom is 0.106 e. The second-order valence-electron chi connectivity index (χ2n) is 5.25. The Balaban J connectivity index is 2.31. The summed E-state index contributed by atoms with van der Waals surface area (Å²) in [5.41, 5.74) is 9.35. The van der Waals surface area contributed by atoms with Crippen molar-refractivity contribution in [1.29, 1.82) is 0 Å². The van der Waals surface area contributed by atoms with Crippen LogP contribution in [0.5, 0.6) is 0 Å². The van der Waals surface area contributed by atoms with Gasteiger partial charge in [-0.3, -0.25) is 0 Å². The van der Waals surface area contributed by atoms with E-state index in [1.807, 2.05) is 0 Å². The van der Waals surface area contributed by atoms with Crippen LogP contribution in [0.1, 0.15) is 37.3 Å². The number of hydrogen-bond acceptors (Lipinski definition) is 2. The molecule has 18 heavy (non-hydrogen) atoms. The van der Waals surface area contributed by atoms with E-state index in [0.29, 0.717) is 4.99 Å². The molecule has 2 nitrogen and oxygen atoms in total. The Morgan fingerprint density at radius 1 is 1.50 bits per heavy atom. The van der Waals surface area contributed by atoms with Crippen LogP contribution in [0, 0.1) is 12.8 Å². The van der Waals surface area contributed by atoms with E-state index in [1.165, 1.54) is 30.5 Å². The maximum absolute atomic E-state index is 5.84. The number of piperidine rings is 1. The Morgan fingerprint density at radius 2 is 2.28 bits per heavy atom. The number of benzene rings is 1. The third-order valence-corrected chi connectivity index (χ3v) is 4.08. The van der Waals surface area contributed by atoms with Crippen molar-refractivity contribution in [2.45, 2.75) is 33.1 Å². The summed E-state index contributed by atoms with van der Waals surface area (Å²) < 4.78 is 0. The van der Waals surface area contributed by atoms with Gasteiger partial charge in [0, 0.05) is 24.3 Å². The number of thiocarbonyl (C=S) groups is 1. The van der Waals surface area contributed by atoms with Crippen molar-refractivity contribution in [1.82, 2.24) is 0 Å². The molecule has 0 aliphatic carbocycles. The summed E-state index contributed by atoms with van der Waals surface area (Å²) in [4.78, 5) is 2.96. The monoisotopic (exact) mass is 262 g/mol. The minimum Gasteiger partial charge on any atom is -0.389 e. The molecule has 2 N–H and O–H groups in total. The minimum absolute atomic E-state index is 0.503. The van der Waals surface area contributed by atoms with Crippen LogP contribution in [0.3, 0.4) is 0 Å². The molecule has 98 valence electrons. The summed E-state index contributed by atoms with van der Waals surface area (Å²) in [7, 11) is 0. The number of aryl methyl sites for hydroxylation is 1. The Kier molecular flexibility index (Phi) is 4.23. The zero-order chi connectivity index (χ0) is 13.1. The van der Waals surface area contributed by atoms with E-state index < -0.39 is 0 Å². The number of anilines is 1. The van der Waals surface area contributed by atoms with Gasteiger partial charge in [0.1, 0.15) is 4.99 Å². The van der Waals surface area contributed by atoms with Gasteiger partial charge in [-0.15, -0.1) is 0 Å². The smallest absolute Gasteiger partial charge is 0.106 e. The highest BCUT2D eigenvalue weighted by Gasteiger charge is 2.21. The highest BCUT2D eigenvalue weighted by molar-refractivity contribution is 7.80. The van der Waals surface area contributed by atoms with Crippen LogP contribution in [0.4, 0.5) is 5.69 Å². The van der Waals surface area contributed by atoms with Gasteiger partial charge in [-0.2, -0.15) is 0 Å². The van der Waals surface area contributed by atoms with Crippen LogP contribution in [-0.2, 0) is 0 Å². The Labute approximate surface area is 115 Å². The average Bonchev–Trinajstić information content (AvgIpc) is 2.38. The molecule has 1 unspecified atom stereocenters. The third-order valence-electron chi connectivity index (χ3n) is 3.86. The molecule has 1 aromatic rings. The number of nitrogens with two attached hydrogens (primary N) is 1. The first-order valence-electron chi connectivity index (χ1n) is 6.77. The molecule has 3 heteroatoms. The van der Waals surface area contributed by atoms with Crippen molar-refractivity contribution in [2.75, 3.05) is 18.0 Å². The van der Waals surface area contributed by atoms with Gasteiger partial charge < -0.3 is 10.6 Å². The Bertz CT molecular complexity index is 442. The van der Waals surface area contributed by atoms with Gasteiger partial charge in [0.15, 0.2) is 0 Å². The van der Waals surface area contributed by atoms with Crippen LogP contribution < -0.4 is 10.6 Å². The second-order valence-corrected chi connectivity index (χ2v) is 5.69. The third kappa shape index (κ3) is 2.83. The molecule has 0 amide bonds. The summed E-state index contributed by atoms with van der Waals surface area (Å²) in [6, 6.07) is 6.36. The molecule has 1 atom stereocenters. The predicted molar refractivity (Wildman–Crippen MR) is 82.3 cm³/mol. The fourth-order valence-corrected chi connectivity index (χ4v) is 2.90. The standard InChI is InChI=1S/C15H22N2S/c1-3-12-5-4-8-17(10-12)14-9-11(2)6-7-13(14)15(16)18/h6-7,9,12H,3-5,8,10H2,1-2H3,(H2,16,18). The van der Waals surface area contributed by atoms with Crippen molar-refractivity contribution in [3.63, 3.8) is 0 Å². The number of nitrogens with zero attached hydrogens (tertiary/aromatic N) is 1. The van der Waals surface area contributed by atoms with Crippen LogP contribution in [-0.4, -0.2) is 18.1 Å². The average molecular weight is 262 g/mol. The molecule has 0 radical (unpaired) electrons. The fraction of sp³-hybridized carbons (Fsp3) is 0.533. The molecule has 1 heterocycles. The van der Waals surface area contributed by atoms with Crippen LogP contribution in [0.2, 0.25) is 0 Å². The van der Waals surface area contributed by atoms with Gasteiger partial charge in [-0.25, -0.2) is 0 Å². The lowest BCUT2D eigenvalue weighted by Gasteiger charge is -2.35. The van der Waals surface area contributed by atoms with Gasteiger partial charge in [-0.1, -0.05) is 31.6 Å². The quantitative estimate of drug-likeness (QED) is 0.848. The molecule has 0 saturated carbocycles. The van der Waals surface area contributed by atoms with Crippen molar-refractivity contribution in [3.05, 3.63) is 29.3 Å². The Hall–Kier alpha value is -1.09. The van der Waals surface area contributed by atoms with E-state index in [4.69, 9.17) is 18.0 Å². The molecular formula is C15H22N2S. The first kappa shape index (κ1) is 13.3. The fourth-order valence-electron chi connectivity index (χ4n) is 2.73. The van der Waals surface area contributed by atoms with Crippen molar-refractivity contribution < 1.29 is 0 Å². The summed E-state index contributed by atoms with van der Waals surface area (Å²) in [6.45, 7) is 6.65. The van der Waals surface area contributed by atoms with Crippen LogP contribution in [0.25, 0.3) is 0 Å². The van der Waals surface area contributed by atoms with Gasteiger partial charge >= 0.3 is 0 Å². The topological polar surface area (TPSA) is 29.3 Å². The number of hydrogen-bond donors (Lipinski definition) is 1. The van der Waals surface area contributed by atoms with E-state index in [0.717, 1.165) is 24.6 Å². The van der Waals surface area contributed by atoms with Crippen molar-refractivity contribution in [3.8, 4) is 0 Å². The highest BCUT2D eigenvalue weighted by Crippen LogP contribution is 2.28. The molecular weight excluding hydrogens is 240 g/mol. The molecule has 1 aliphatic heterocycles. The minimum atomic E-state index is 0.503. The van der Waals surface area contributed by atoms with Gasteiger partial charge in [0.05, 0.1) is 0 Å². The predicted octanol–water partition coefficient (Wildman–Crippen LogP) is 3.26. The van der Waals surface area contributed by atoms with E-state index in [-0.39, 0.29) is 0 Å². The summed E-state index contributed by atoms with van der Waals surface area (Å²) >= 11 is 5.17. The van der Waals surface area contributed by atoms with Gasteiger partial charge in [0.2, 0.25) is 0 Å². The highest BCUT2D eigenvalue weighted by atomic mass is 32.1. The van der Waals surface area contributed by atoms with E-state index in [1.54, 1.807) is 0 Å². The summed E-state index contributed by atoms with van der Waals surface area (Å²) in [5, 5.41) is 0. The lowest BCUT2D eigenvalue weighted by atomic mass is 9.94. The summed E-state index contributed by atoms with van der Waals surface area (Å²) in [5.74, 6) is 0.804. The lowest BCUT2D eigenvalue weighted by Crippen LogP contribution is -2.36. The van der Waals surface area contributed by atoms with E-state index in [9.17, 15) is 0 Å². The van der Waals surface area contributed by atoms with Gasteiger partial charge in [0.25, 0.3) is 0 Å². The molecule has 0 spiro atoms. The van der Waals surface area contributed by atoms with Gasteiger partial charge in [-0.05, 0) is 43.4 Å². The summed E-state index contributed by atoms with van der Waals surface area (Å²) in [6.07, 6.45) is 3.87. The molecule has 0 bridgehead atoms. The Morgan fingerprint density at radius 3 is 2.94 bits per heavy atom. The maximum atomic E-state index is 5.84. The SMILES string of the molecule is CCC1CCCN(c2cc(C)ccc2C(N)=S)C1. The largest absolute Gasteiger partial charge is 0.389 e. The first-order chi connectivity index (χ1) is 8.61. The van der Waals surface area contributed by atoms with Crippen molar-refractivity contribution >= 4 is 22.9 Å². The zero-order valence-electron chi connectivity index (χ0n) is 11.3. The molecule has 1 fully saturated rings. The molecule has 1 aliphatic rings. The van der Waals surface area contributed by atoms with Crippen molar-refractivity contribution in [2.24, 2.45) is 11.7 Å². The zero-order valence-corrected chi connectivity index (χ0v) is 12.1. The van der Waals surface area contributed by atoms with Crippen LogP contribution in [0.15, 0.2) is 18.2 Å². The van der Waals surface area contributed by atoms with Crippen LogP contribution >= 0.6 is 12.2 Å².